The molecular formula is C15H23ClN2O. The number of amides is 1. The Morgan fingerprint density at radius 1 is 1.42 bits per heavy atom. The highest BCUT2D eigenvalue weighted by Gasteiger charge is 2.28. The molecule has 0 spiro atoms. The Morgan fingerprint density at radius 3 is 2.74 bits per heavy atom. The van der Waals surface area contributed by atoms with E-state index in [1.807, 2.05) is 17.9 Å². The molecule has 2 unspecified atom stereocenters. The van der Waals surface area contributed by atoms with Crippen LogP contribution in [-0.4, -0.2) is 30.4 Å². The lowest BCUT2D eigenvalue weighted by atomic mass is 9.99. The van der Waals surface area contributed by atoms with Crippen molar-refractivity contribution in [1.29, 1.82) is 0 Å². The minimum absolute atomic E-state index is 0. The van der Waals surface area contributed by atoms with Crippen LogP contribution < -0.4 is 5.73 Å². The van der Waals surface area contributed by atoms with Gasteiger partial charge in [-0.15, -0.1) is 12.4 Å². The Labute approximate surface area is 121 Å². The molecule has 1 aliphatic rings. The van der Waals surface area contributed by atoms with E-state index < -0.39 is 0 Å². The van der Waals surface area contributed by atoms with Gasteiger partial charge in [0.2, 0.25) is 5.91 Å². The standard InChI is InChI=1S/C15H22N2O.ClH/c1-12(10-16)15(18)17-8-7-14(11-17)9-13-5-3-2-4-6-13;/h2-6,12,14H,7-11,16H2,1H3;1H. The van der Waals surface area contributed by atoms with Crippen LogP contribution in [0.25, 0.3) is 0 Å². The zero-order chi connectivity index (χ0) is 13.0. The van der Waals surface area contributed by atoms with Gasteiger partial charge in [-0.3, -0.25) is 4.79 Å². The zero-order valence-corrected chi connectivity index (χ0v) is 12.2. The van der Waals surface area contributed by atoms with Gasteiger partial charge in [0.05, 0.1) is 0 Å². The van der Waals surface area contributed by atoms with E-state index in [1.165, 1.54) is 5.56 Å². The molecule has 1 fully saturated rings. The predicted molar refractivity (Wildman–Crippen MR) is 80.3 cm³/mol. The molecule has 1 amide bonds. The Kier molecular flexibility index (Phi) is 6.32. The molecule has 1 aromatic rings. The SMILES string of the molecule is CC(CN)C(=O)N1CCC(Cc2ccccc2)C1.Cl. The maximum Gasteiger partial charge on any atom is 0.226 e. The highest BCUT2D eigenvalue weighted by molar-refractivity contribution is 5.85. The average molecular weight is 283 g/mol. The van der Waals surface area contributed by atoms with Crippen molar-refractivity contribution in [2.24, 2.45) is 17.6 Å². The number of hydrogen-bond acceptors (Lipinski definition) is 2. The van der Waals surface area contributed by atoms with Crippen LogP contribution in [0.5, 0.6) is 0 Å². The number of benzene rings is 1. The maximum absolute atomic E-state index is 12.0. The van der Waals surface area contributed by atoms with Crippen molar-refractivity contribution in [2.75, 3.05) is 19.6 Å². The molecular weight excluding hydrogens is 260 g/mol. The van der Waals surface area contributed by atoms with Crippen molar-refractivity contribution in [1.82, 2.24) is 4.90 Å². The van der Waals surface area contributed by atoms with Gasteiger partial charge in [-0.25, -0.2) is 0 Å². The fourth-order valence-corrected chi connectivity index (χ4v) is 2.56. The lowest BCUT2D eigenvalue weighted by Crippen LogP contribution is -2.36. The van der Waals surface area contributed by atoms with Crippen LogP contribution in [0.2, 0.25) is 0 Å². The molecule has 4 heteroatoms. The summed E-state index contributed by atoms with van der Waals surface area (Å²) in [6.07, 6.45) is 2.18. The first kappa shape index (κ1) is 16.0. The monoisotopic (exact) mass is 282 g/mol. The number of likely N-dealkylation sites (tertiary alicyclic amines) is 1. The molecule has 0 bridgehead atoms. The largest absolute Gasteiger partial charge is 0.342 e. The first-order valence-electron chi connectivity index (χ1n) is 6.73. The summed E-state index contributed by atoms with van der Waals surface area (Å²) >= 11 is 0. The second-order valence-corrected chi connectivity index (χ2v) is 5.27. The van der Waals surface area contributed by atoms with Gasteiger partial charge >= 0.3 is 0 Å². The number of rotatable bonds is 4. The number of nitrogens with zero attached hydrogens (tertiary/aromatic N) is 1. The van der Waals surface area contributed by atoms with Crippen LogP contribution in [0, 0.1) is 11.8 Å². The minimum atomic E-state index is -0.0412. The summed E-state index contributed by atoms with van der Waals surface area (Å²) in [5.74, 6) is 0.773. The normalized spacial score (nSPS) is 19.9. The van der Waals surface area contributed by atoms with Gasteiger partial charge in [0.1, 0.15) is 0 Å². The van der Waals surface area contributed by atoms with Gasteiger partial charge in [-0.2, -0.15) is 0 Å². The van der Waals surface area contributed by atoms with Gasteiger partial charge in [0.25, 0.3) is 0 Å². The van der Waals surface area contributed by atoms with Gasteiger partial charge in [-0.05, 0) is 24.3 Å². The molecule has 1 aliphatic heterocycles. The summed E-state index contributed by atoms with van der Waals surface area (Å²) in [7, 11) is 0. The van der Waals surface area contributed by atoms with Gasteiger partial charge in [0, 0.05) is 25.6 Å². The third kappa shape index (κ3) is 4.22. The van der Waals surface area contributed by atoms with Gasteiger partial charge in [-0.1, -0.05) is 37.3 Å². The molecule has 106 valence electrons. The Morgan fingerprint density at radius 2 is 2.11 bits per heavy atom. The molecule has 2 rings (SSSR count). The molecule has 19 heavy (non-hydrogen) atoms. The summed E-state index contributed by atoms with van der Waals surface area (Å²) in [6.45, 7) is 4.13. The highest BCUT2D eigenvalue weighted by Crippen LogP contribution is 2.22. The molecule has 1 heterocycles. The topological polar surface area (TPSA) is 46.3 Å². The molecule has 3 nitrogen and oxygen atoms in total. The van der Waals surface area contributed by atoms with Crippen LogP contribution in [0.4, 0.5) is 0 Å². The van der Waals surface area contributed by atoms with Crippen LogP contribution in [0.15, 0.2) is 30.3 Å². The van der Waals surface area contributed by atoms with E-state index in [-0.39, 0.29) is 24.2 Å². The van der Waals surface area contributed by atoms with Crippen molar-refractivity contribution in [3.8, 4) is 0 Å². The summed E-state index contributed by atoms with van der Waals surface area (Å²) in [5, 5.41) is 0. The quantitative estimate of drug-likeness (QED) is 0.919. The summed E-state index contributed by atoms with van der Waals surface area (Å²) < 4.78 is 0. The van der Waals surface area contributed by atoms with Crippen molar-refractivity contribution >= 4 is 18.3 Å². The van der Waals surface area contributed by atoms with Crippen LogP contribution in [-0.2, 0) is 11.2 Å². The predicted octanol–water partition coefficient (Wildman–Crippen LogP) is 2.09. The van der Waals surface area contributed by atoms with Gasteiger partial charge < -0.3 is 10.6 Å². The first-order valence-corrected chi connectivity index (χ1v) is 6.73. The van der Waals surface area contributed by atoms with Crippen molar-refractivity contribution in [3.05, 3.63) is 35.9 Å². The lowest BCUT2D eigenvalue weighted by Gasteiger charge is -2.20. The minimum Gasteiger partial charge on any atom is -0.342 e. The molecule has 0 radical (unpaired) electrons. The molecule has 0 aromatic heterocycles. The van der Waals surface area contributed by atoms with E-state index in [1.54, 1.807) is 0 Å². The number of nitrogens with two attached hydrogens (primary N) is 1. The van der Waals surface area contributed by atoms with Gasteiger partial charge in [0.15, 0.2) is 0 Å². The number of carbonyl (C=O) groups excluding carboxylic acids is 1. The molecule has 1 saturated heterocycles. The Hall–Kier alpha value is -1.06. The van der Waals surface area contributed by atoms with Crippen molar-refractivity contribution < 1.29 is 4.79 Å². The average Bonchev–Trinajstić information content (AvgIpc) is 2.86. The third-order valence-electron chi connectivity index (χ3n) is 3.74. The van der Waals surface area contributed by atoms with Crippen LogP contribution in [0.1, 0.15) is 18.9 Å². The van der Waals surface area contributed by atoms with Crippen LogP contribution in [0.3, 0.4) is 0 Å². The summed E-state index contributed by atoms with van der Waals surface area (Å²) in [4.78, 5) is 14.0. The first-order chi connectivity index (χ1) is 8.70. The van der Waals surface area contributed by atoms with E-state index in [0.29, 0.717) is 12.5 Å². The van der Waals surface area contributed by atoms with E-state index in [0.717, 1.165) is 25.9 Å². The smallest absolute Gasteiger partial charge is 0.226 e. The lowest BCUT2D eigenvalue weighted by molar-refractivity contribution is -0.133. The third-order valence-corrected chi connectivity index (χ3v) is 3.74. The second-order valence-electron chi connectivity index (χ2n) is 5.27. The number of halogens is 1. The molecule has 2 N–H and O–H groups in total. The van der Waals surface area contributed by atoms with Crippen molar-refractivity contribution in [2.45, 2.75) is 19.8 Å². The fraction of sp³-hybridized carbons (Fsp3) is 0.533. The fourth-order valence-electron chi connectivity index (χ4n) is 2.56. The van der Waals surface area contributed by atoms with E-state index in [9.17, 15) is 4.79 Å². The Bertz CT molecular complexity index is 396. The Balaban J connectivity index is 0.00000180. The molecule has 1 aromatic carbocycles. The molecule has 0 aliphatic carbocycles. The summed E-state index contributed by atoms with van der Waals surface area (Å²) in [5.41, 5.74) is 6.92. The second kappa shape index (κ2) is 7.51. The number of carbonyl (C=O) groups is 1. The summed E-state index contributed by atoms with van der Waals surface area (Å²) in [6, 6.07) is 10.5. The molecule has 2 atom stereocenters. The van der Waals surface area contributed by atoms with Crippen molar-refractivity contribution in [3.63, 3.8) is 0 Å². The van der Waals surface area contributed by atoms with E-state index >= 15 is 0 Å². The number of hydrogen-bond donors (Lipinski definition) is 1. The zero-order valence-electron chi connectivity index (χ0n) is 11.4. The van der Waals surface area contributed by atoms with E-state index in [2.05, 4.69) is 24.3 Å². The van der Waals surface area contributed by atoms with E-state index in [4.69, 9.17) is 5.73 Å². The maximum atomic E-state index is 12.0. The van der Waals surface area contributed by atoms with Crippen LogP contribution >= 0.6 is 12.4 Å². The highest BCUT2D eigenvalue weighted by atomic mass is 35.5. The molecule has 0 saturated carbocycles.